The first kappa shape index (κ1) is 18.2. The lowest BCUT2D eigenvalue weighted by Gasteiger charge is -2.22. The Kier molecular flexibility index (Phi) is 4.35. The first-order chi connectivity index (χ1) is 12.7. The van der Waals surface area contributed by atoms with E-state index in [-0.39, 0.29) is 23.3 Å². The van der Waals surface area contributed by atoms with Gasteiger partial charge >= 0.3 is 6.18 Å². The second-order valence-electron chi connectivity index (χ2n) is 7.77. The fourth-order valence-electron chi connectivity index (χ4n) is 4.70. The van der Waals surface area contributed by atoms with E-state index in [1.54, 1.807) is 0 Å². The number of halogens is 4. The molecular weight excluding hydrogens is 358 g/mol. The van der Waals surface area contributed by atoms with E-state index in [1.807, 2.05) is 19.9 Å². The summed E-state index contributed by atoms with van der Waals surface area (Å²) >= 11 is 0. The van der Waals surface area contributed by atoms with E-state index in [9.17, 15) is 17.6 Å². The van der Waals surface area contributed by atoms with Crippen LogP contribution in [0.25, 0.3) is 0 Å². The summed E-state index contributed by atoms with van der Waals surface area (Å²) in [5, 5.41) is 0. The third-order valence-electron chi connectivity index (χ3n) is 5.76. The summed E-state index contributed by atoms with van der Waals surface area (Å²) in [5.74, 6) is 0.391. The second-order valence-corrected chi connectivity index (χ2v) is 7.77. The highest BCUT2D eigenvalue weighted by molar-refractivity contribution is 5.38. The van der Waals surface area contributed by atoms with Gasteiger partial charge < -0.3 is 4.90 Å². The van der Waals surface area contributed by atoms with Crippen molar-refractivity contribution < 1.29 is 17.6 Å². The van der Waals surface area contributed by atoms with E-state index in [4.69, 9.17) is 0 Å². The molecule has 1 unspecified atom stereocenters. The summed E-state index contributed by atoms with van der Waals surface area (Å²) in [6.45, 7) is 5.32. The van der Waals surface area contributed by atoms with E-state index >= 15 is 0 Å². The molecule has 4 rings (SSSR count). The molecule has 0 spiro atoms. The molecular formula is C20H21F4N3. The van der Waals surface area contributed by atoms with Crippen molar-refractivity contribution in [2.75, 3.05) is 18.0 Å². The predicted octanol–water partition coefficient (Wildman–Crippen LogP) is 4.88. The summed E-state index contributed by atoms with van der Waals surface area (Å²) in [6, 6.07) is 4.74. The van der Waals surface area contributed by atoms with Gasteiger partial charge in [-0.25, -0.2) is 14.4 Å². The largest absolute Gasteiger partial charge is 0.416 e. The fraction of sp³-hybridized carbons (Fsp3) is 0.500. The number of hydrogen-bond acceptors (Lipinski definition) is 3. The van der Waals surface area contributed by atoms with Crippen LogP contribution in [0.4, 0.5) is 23.5 Å². The van der Waals surface area contributed by atoms with Gasteiger partial charge in [-0.05, 0) is 74.3 Å². The lowest BCUT2D eigenvalue weighted by Crippen LogP contribution is -2.24. The molecule has 1 aromatic heterocycles. The molecule has 1 aliphatic carbocycles. The van der Waals surface area contributed by atoms with Crippen LogP contribution in [-0.4, -0.2) is 23.1 Å². The van der Waals surface area contributed by atoms with E-state index in [0.717, 1.165) is 42.7 Å². The van der Waals surface area contributed by atoms with Crippen molar-refractivity contribution in [1.29, 1.82) is 0 Å². The third-order valence-corrected chi connectivity index (χ3v) is 5.76. The van der Waals surface area contributed by atoms with Gasteiger partial charge in [-0.2, -0.15) is 13.2 Å². The Balaban J connectivity index is 1.53. The molecule has 0 amide bonds. The molecule has 0 N–H and O–H groups in total. The molecule has 0 bridgehead atoms. The van der Waals surface area contributed by atoms with Crippen molar-refractivity contribution in [1.82, 2.24) is 9.97 Å². The average molecular weight is 379 g/mol. The Hall–Kier alpha value is -2.18. The van der Waals surface area contributed by atoms with Gasteiger partial charge in [-0.3, -0.25) is 0 Å². The molecule has 144 valence electrons. The maximum Gasteiger partial charge on any atom is 0.416 e. The standard InChI is InChI=1S/C20H21F4N3/c1-11-5-12(2)26-19(25-11)27-9-14-6-13(7-15(14)10-27)17-8-16(21)3-4-18(17)20(22,23)24/h3-5,8,13-15H,6-7,9-10H2,1-2H3/t13?,14-,15+. The number of nitrogens with zero attached hydrogens (tertiary/aromatic N) is 3. The smallest absolute Gasteiger partial charge is 0.340 e. The van der Waals surface area contributed by atoms with Crippen LogP contribution in [0.3, 0.4) is 0 Å². The van der Waals surface area contributed by atoms with Gasteiger partial charge in [0.1, 0.15) is 5.82 Å². The molecule has 3 nitrogen and oxygen atoms in total. The molecule has 2 heterocycles. The lowest BCUT2D eigenvalue weighted by atomic mass is 9.91. The lowest BCUT2D eigenvalue weighted by molar-refractivity contribution is -0.138. The number of anilines is 1. The number of alkyl halides is 3. The Labute approximate surface area is 155 Å². The molecule has 1 aromatic carbocycles. The minimum absolute atomic E-state index is 0.103. The molecule has 0 radical (unpaired) electrons. The van der Waals surface area contributed by atoms with Crippen molar-refractivity contribution >= 4 is 5.95 Å². The van der Waals surface area contributed by atoms with Gasteiger partial charge in [0.05, 0.1) is 5.56 Å². The molecule has 1 saturated carbocycles. The second kappa shape index (κ2) is 6.46. The molecule has 2 fully saturated rings. The van der Waals surface area contributed by atoms with E-state index in [0.29, 0.717) is 18.8 Å². The van der Waals surface area contributed by atoms with Crippen LogP contribution in [-0.2, 0) is 6.18 Å². The zero-order valence-corrected chi connectivity index (χ0v) is 15.2. The minimum Gasteiger partial charge on any atom is -0.340 e. The van der Waals surface area contributed by atoms with Crippen molar-refractivity contribution in [2.45, 2.75) is 38.8 Å². The normalized spacial score (nSPS) is 25.1. The van der Waals surface area contributed by atoms with Gasteiger partial charge in [0.2, 0.25) is 5.95 Å². The number of fused-ring (bicyclic) bond motifs is 1. The molecule has 7 heteroatoms. The summed E-state index contributed by atoms with van der Waals surface area (Å²) in [6.07, 6.45) is -3.18. The van der Waals surface area contributed by atoms with E-state index in [2.05, 4.69) is 14.9 Å². The summed E-state index contributed by atoms with van der Waals surface area (Å²) in [5.41, 5.74) is 1.21. The van der Waals surface area contributed by atoms with E-state index < -0.39 is 17.6 Å². The monoisotopic (exact) mass is 379 g/mol. The molecule has 1 aliphatic heterocycles. The molecule has 2 aliphatic rings. The van der Waals surface area contributed by atoms with Crippen LogP contribution in [0.15, 0.2) is 24.3 Å². The molecule has 27 heavy (non-hydrogen) atoms. The summed E-state index contributed by atoms with van der Waals surface area (Å²) < 4.78 is 53.7. The fourth-order valence-corrected chi connectivity index (χ4v) is 4.70. The number of hydrogen-bond donors (Lipinski definition) is 0. The third kappa shape index (κ3) is 3.51. The number of aryl methyl sites for hydroxylation is 2. The predicted molar refractivity (Wildman–Crippen MR) is 94.1 cm³/mol. The molecule has 2 aromatic rings. The van der Waals surface area contributed by atoms with Crippen molar-refractivity contribution in [3.63, 3.8) is 0 Å². The topological polar surface area (TPSA) is 29.0 Å². The Morgan fingerprint density at radius 3 is 2.11 bits per heavy atom. The number of aromatic nitrogens is 2. The van der Waals surface area contributed by atoms with E-state index in [1.165, 1.54) is 0 Å². The highest BCUT2D eigenvalue weighted by Crippen LogP contribution is 2.49. The first-order valence-corrected chi connectivity index (χ1v) is 9.14. The maximum absolute atomic E-state index is 13.6. The highest BCUT2D eigenvalue weighted by Gasteiger charge is 2.44. The summed E-state index contributed by atoms with van der Waals surface area (Å²) in [4.78, 5) is 11.1. The number of rotatable bonds is 2. The molecule has 3 atom stereocenters. The van der Waals surface area contributed by atoms with Crippen LogP contribution in [0.2, 0.25) is 0 Å². The van der Waals surface area contributed by atoms with Gasteiger partial charge in [0.25, 0.3) is 0 Å². The van der Waals surface area contributed by atoms with Crippen LogP contribution >= 0.6 is 0 Å². The van der Waals surface area contributed by atoms with Crippen LogP contribution in [0, 0.1) is 31.5 Å². The maximum atomic E-state index is 13.6. The van der Waals surface area contributed by atoms with Gasteiger partial charge in [0.15, 0.2) is 0 Å². The van der Waals surface area contributed by atoms with Crippen molar-refractivity contribution in [3.05, 3.63) is 52.6 Å². The average Bonchev–Trinajstić information content (AvgIpc) is 3.11. The minimum atomic E-state index is -4.46. The van der Waals surface area contributed by atoms with Crippen LogP contribution in [0.1, 0.15) is 41.3 Å². The molecule has 1 saturated heterocycles. The number of benzene rings is 1. The highest BCUT2D eigenvalue weighted by atomic mass is 19.4. The zero-order chi connectivity index (χ0) is 19.3. The summed E-state index contributed by atoms with van der Waals surface area (Å²) in [7, 11) is 0. The quantitative estimate of drug-likeness (QED) is 0.697. The Morgan fingerprint density at radius 2 is 1.56 bits per heavy atom. The first-order valence-electron chi connectivity index (χ1n) is 9.14. The SMILES string of the molecule is Cc1cc(C)nc(N2C[C@H]3CC(c4cc(F)ccc4C(F)(F)F)C[C@H]3C2)n1. The van der Waals surface area contributed by atoms with Gasteiger partial charge in [0, 0.05) is 24.5 Å². The Bertz CT molecular complexity index is 831. The van der Waals surface area contributed by atoms with Gasteiger partial charge in [-0.15, -0.1) is 0 Å². The van der Waals surface area contributed by atoms with Crippen molar-refractivity contribution in [3.8, 4) is 0 Å². The zero-order valence-electron chi connectivity index (χ0n) is 15.2. The van der Waals surface area contributed by atoms with Crippen LogP contribution < -0.4 is 4.90 Å². The van der Waals surface area contributed by atoms with Crippen molar-refractivity contribution in [2.24, 2.45) is 11.8 Å². The Morgan fingerprint density at radius 1 is 0.963 bits per heavy atom. The van der Waals surface area contributed by atoms with Gasteiger partial charge in [-0.1, -0.05) is 0 Å². The van der Waals surface area contributed by atoms with Crippen LogP contribution in [0.5, 0.6) is 0 Å².